The topological polar surface area (TPSA) is 35.5 Å². The van der Waals surface area contributed by atoms with Gasteiger partial charge in [0.1, 0.15) is 11.1 Å². The standard InChI is InChI=1S/C8H16Cl2O3S/c1-3-12-7(9)5-14(11)6-8(10)13-4-2/h7-8H,3-6H2,1-2H3. The smallest absolute Gasteiger partial charge is 0.142 e. The maximum atomic E-state index is 11.4. The summed E-state index contributed by atoms with van der Waals surface area (Å²) in [7, 11) is -1.10. The third kappa shape index (κ3) is 8.00. The molecule has 0 saturated heterocycles. The van der Waals surface area contributed by atoms with Crippen molar-refractivity contribution in [1.82, 2.24) is 0 Å². The summed E-state index contributed by atoms with van der Waals surface area (Å²) in [5.74, 6) is 0.567. The van der Waals surface area contributed by atoms with Crippen LogP contribution in [0.3, 0.4) is 0 Å². The molecule has 0 heterocycles. The molecular formula is C8H16Cl2O3S. The molecule has 3 nitrogen and oxygen atoms in total. The molecule has 0 saturated carbocycles. The van der Waals surface area contributed by atoms with Gasteiger partial charge in [-0.05, 0) is 13.8 Å². The number of rotatable bonds is 8. The minimum atomic E-state index is -1.10. The third-order valence-electron chi connectivity index (χ3n) is 1.33. The van der Waals surface area contributed by atoms with Crippen LogP contribution in [-0.2, 0) is 20.3 Å². The summed E-state index contributed by atoms with van der Waals surface area (Å²) < 4.78 is 21.5. The van der Waals surface area contributed by atoms with Crippen LogP contribution < -0.4 is 0 Å². The number of ether oxygens (including phenoxy) is 2. The van der Waals surface area contributed by atoms with Gasteiger partial charge in [-0.25, -0.2) is 0 Å². The van der Waals surface area contributed by atoms with Crippen molar-refractivity contribution in [3.8, 4) is 0 Å². The molecule has 0 N–H and O–H groups in total. The van der Waals surface area contributed by atoms with Gasteiger partial charge in [0.15, 0.2) is 0 Å². The molecule has 0 aromatic carbocycles. The van der Waals surface area contributed by atoms with Crippen molar-refractivity contribution in [2.75, 3.05) is 24.7 Å². The molecule has 0 spiro atoms. The van der Waals surface area contributed by atoms with Gasteiger partial charge in [0, 0.05) is 24.0 Å². The van der Waals surface area contributed by atoms with Crippen LogP contribution in [0, 0.1) is 0 Å². The zero-order chi connectivity index (χ0) is 11.0. The summed E-state index contributed by atoms with van der Waals surface area (Å²) in [6, 6.07) is 0. The number of alkyl halides is 2. The average Bonchev–Trinajstić information content (AvgIpc) is 2.03. The van der Waals surface area contributed by atoms with E-state index in [1.807, 2.05) is 13.8 Å². The molecule has 0 rings (SSSR count). The largest absolute Gasteiger partial charge is 0.362 e. The van der Waals surface area contributed by atoms with Gasteiger partial charge in [-0.3, -0.25) is 4.21 Å². The Hall–Kier alpha value is 0.650. The summed E-state index contributed by atoms with van der Waals surface area (Å²) in [6.45, 7) is 4.70. The van der Waals surface area contributed by atoms with E-state index in [0.29, 0.717) is 13.2 Å². The lowest BCUT2D eigenvalue weighted by Crippen LogP contribution is -2.22. The molecular weight excluding hydrogens is 247 g/mol. The van der Waals surface area contributed by atoms with Crippen LogP contribution in [0.2, 0.25) is 0 Å². The molecule has 0 aliphatic heterocycles. The van der Waals surface area contributed by atoms with Gasteiger partial charge in [0.2, 0.25) is 0 Å². The maximum absolute atomic E-state index is 11.4. The molecule has 0 aromatic heterocycles. The first-order chi connectivity index (χ1) is 6.60. The van der Waals surface area contributed by atoms with Crippen LogP contribution in [0.15, 0.2) is 0 Å². The minimum Gasteiger partial charge on any atom is -0.362 e. The Bertz CT molecular complexity index is 153. The monoisotopic (exact) mass is 262 g/mol. The van der Waals surface area contributed by atoms with Crippen molar-refractivity contribution >= 4 is 34.0 Å². The van der Waals surface area contributed by atoms with Crippen LogP contribution in [0.25, 0.3) is 0 Å². The second kappa shape index (κ2) is 8.92. The summed E-state index contributed by atoms with van der Waals surface area (Å²) in [6.07, 6.45) is 0. The molecule has 2 atom stereocenters. The molecule has 6 heteroatoms. The first-order valence-electron chi connectivity index (χ1n) is 4.46. The number of halogens is 2. The minimum absolute atomic E-state index is 0.283. The van der Waals surface area contributed by atoms with Crippen molar-refractivity contribution in [2.24, 2.45) is 0 Å². The van der Waals surface area contributed by atoms with Crippen LogP contribution in [-0.4, -0.2) is 40.1 Å². The van der Waals surface area contributed by atoms with Gasteiger partial charge >= 0.3 is 0 Å². The summed E-state index contributed by atoms with van der Waals surface area (Å²) >= 11 is 11.5. The van der Waals surface area contributed by atoms with Crippen molar-refractivity contribution in [3.05, 3.63) is 0 Å². The second-order valence-corrected chi connectivity index (χ2v) is 5.02. The SMILES string of the molecule is CCOC(Cl)CS(=O)CC(Cl)OCC. The highest BCUT2D eigenvalue weighted by Crippen LogP contribution is 2.05. The fourth-order valence-corrected chi connectivity index (χ4v) is 2.83. The van der Waals surface area contributed by atoms with Crippen molar-refractivity contribution < 1.29 is 13.7 Å². The van der Waals surface area contributed by atoms with Gasteiger partial charge in [-0.1, -0.05) is 23.2 Å². The zero-order valence-corrected chi connectivity index (χ0v) is 10.7. The Morgan fingerprint density at radius 1 is 1.07 bits per heavy atom. The molecule has 0 aliphatic carbocycles. The van der Waals surface area contributed by atoms with Crippen molar-refractivity contribution in [1.29, 1.82) is 0 Å². The van der Waals surface area contributed by atoms with E-state index < -0.39 is 21.9 Å². The predicted molar refractivity (Wildman–Crippen MR) is 60.4 cm³/mol. The van der Waals surface area contributed by atoms with E-state index in [4.69, 9.17) is 32.7 Å². The van der Waals surface area contributed by atoms with Crippen LogP contribution in [0.4, 0.5) is 0 Å². The Morgan fingerprint density at radius 2 is 1.43 bits per heavy atom. The Morgan fingerprint density at radius 3 is 1.71 bits per heavy atom. The van der Waals surface area contributed by atoms with E-state index in [1.54, 1.807) is 0 Å². The van der Waals surface area contributed by atoms with E-state index in [9.17, 15) is 4.21 Å². The quantitative estimate of drug-likeness (QED) is 0.628. The lowest BCUT2D eigenvalue weighted by atomic mass is 10.8. The highest BCUT2D eigenvalue weighted by Gasteiger charge is 2.13. The van der Waals surface area contributed by atoms with E-state index in [0.717, 1.165) is 0 Å². The van der Waals surface area contributed by atoms with E-state index in [1.165, 1.54) is 0 Å². The van der Waals surface area contributed by atoms with E-state index >= 15 is 0 Å². The second-order valence-electron chi connectivity index (χ2n) is 2.50. The summed E-state index contributed by atoms with van der Waals surface area (Å²) in [4.78, 5) is 0. The lowest BCUT2D eigenvalue weighted by molar-refractivity contribution is 0.130. The molecule has 14 heavy (non-hydrogen) atoms. The summed E-state index contributed by atoms with van der Waals surface area (Å²) in [5, 5.41) is 0. The normalized spacial score (nSPS) is 17.7. The highest BCUT2D eigenvalue weighted by molar-refractivity contribution is 7.85. The van der Waals surface area contributed by atoms with Gasteiger partial charge in [0.05, 0.1) is 11.5 Å². The Kier molecular flexibility index (Phi) is 9.33. The molecule has 0 bridgehead atoms. The highest BCUT2D eigenvalue weighted by atomic mass is 35.5. The predicted octanol–water partition coefficient (Wildman–Crippen LogP) is 1.94. The van der Waals surface area contributed by atoms with Crippen LogP contribution in [0.5, 0.6) is 0 Å². The molecule has 86 valence electrons. The van der Waals surface area contributed by atoms with Crippen molar-refractivity contribution in [3.63, 3.8) is 0 Å². The molecule has 0 aliphatic rings. The fourth-order valence-electron chi connectivity index (χ4n) is 0.818. The van der Waals surface area contributed by atoms with Crippen molar-refractivity contribution in [2.45, 2.75) is 25.0 Å². The van der Waals surface area contributed by atoms with Gasteiger partial charge in [0.25, 0.3) is 0 Å². The molecule has 0 aromatic rings. The maximum Gasteiger partial charge on any atom is 0.142 e. The van der Waals surface area contributed by atoms with E-state index in [2.05, 4.69) is 0 Å². The van der Waals surface area contributed by atoms with Gasteiger partial charge in [-0.2, -0.15) is 0 Å². The lowest BCUT2D eigenvalue weighted by Gasteiger charge is -2.11. The molecule has 0 radical (unpaired) electrons. The third-order valence-corrected chi connectivity index (χ3v) is 3.60. The Labute approximate surface area is 97.5 Å². The molecule has 0 fully saturated rings. The molecule has 2 unspecified atom stereocenters. The molecule has 0 amide bonds. The van der Waals surface area contributed by atoms with Gasteiger partial charge in [-0.15, -0.1) is 0 Å². The number of hydrogen-bond donors (Lipinski definition) is 0. The Balaban J connectivity index is 3.63. The zero-order valence-electron chi connectivity index (χ0n) is 8.37. The van der Waals surface area contributed by atoms with E-state index in [-0.39, 0.29) is 11.5 Å². The summed E-state index contributed by atoms with van der Waals surface area (Å²) in [5.41, 5.74) is -1.02. The van der Waals surface area contributed by atoms with Crippen LogP contribution in [0.1, 0.15) is 13.8 Å². The van der Waals surface area contributed by atoms with Gasteiger partial charge < -0.3 is 9.47 Å². The fraction of sp³-hybridized carbons (Fsp3) is 1.00. The first-order valence-corrected chi connectivity index (χ1v) is 6.82. The van der Waals surface area contributed by atoms with Crippen LogP contribution >= 0.6 is 23.2 Å². The average molecular weight is 263 g/mol. The first kappa shape index (κ1) is 14.6. The number of hydrogen-bond acceptors (Lipinski definition) is 3.